The number of benzene rings is 2. The van der Waals surface area contributed by atoms with Crippen LogP contribution in [0.15, 0.2) is 57.6 Å². The zero-order valence-corrected chi connectivity index (χ0v) is 18.1. The molecule has 0 saturated carbocycles. The van der Waals surface area contributed by atoms with Crippen molar-refractivity contribution >= 4 is 14.4 Å². The molecule has 2 aliphatic rings. The summed E-state index contributed by atoms with van der Waals surface area (Å²) < 4.78 is 1.56. The molecule has 0 unspecified atom stereocenters. The fraction of sp³-hybridized carbons (Fsp3) is 0.200. The molecular formula is C20H19Cl2SiTi. The average molecular weight is 406 g/mol. The van der Waals surface area contributed by atoms with Crippen LogP contribution < -0.4 is 24.8 Å². The van der Waals surface area contributed by atoms with Crippen LogP contribution in [0.25, 0.3) is 16.7 Å². The summed E-state index contributed by atoms with van der Waals surface area (Å²) in [7, 11) is -0.788. The van der Waals surface area contributed by atoms with Gasteiger partial charge >= 0.3 is 146 Å². The van der Waals surface area contributed by atoms with E-state index in [1.807, 2.05) is 0 Å². The Morgan fingerprint density at radius 2 is 1.54 bits per heavy atom. The quantitative estimate of drug-likeness (QED) is 0.474. The summed E-state index contributed by atoms with van der Waals surface area (Å²) in [6.45, 7) is 4.89. The number of allylic oxidation sites excluding steroid dienone is 4. The topological polar surface area (TPSA) is 0 Å². The third-order valence-electron chi connectivity index (χ3n) is 4.86. The molecular weight excluding hydrogens is 387 g/mol. The van der Waals surface area contributed by atoms with Crippen LogP contribution in [0.3, 0.4) is 0 Å². The van der Waals surface area contributed by atoms with E-state index in [1.54, 1.807) is 20.2 Å². The number of hydrogen-bond donors (Lipinski definition) is 0. The molecule has 0 atom stereocenters. The molecule has 4 rings (SSSR count). The number of rotatable bonds is 2. The van der Waals surface area contributed by atoms with Gasteiger partial charge < -0.3 is 24.8 Å². The third kappa shape index (κ3) is 3.13. The Morgan fingerprint density at radius 1 is 0.875 bits per heavy atom. The van der Waals surface area contributed by atoms with Gasteiger partial charge in [0, 0.05) is 0 Å². The van der Waals surface area contributed by atoms with Gasteiger partial charge in [-0.1, -0.05) is 0 Å². The van der Waals surface area contributed by atoms with Crippen LogP contribution in [0.2, 0.25) is 13.1 Å². The molecule has 2 aromatic rings. The predicted molar refractivity (Wildman–Crippen MR) is 93.2 cm³/mol. The van der Waals surface area contributed by atoms with Crippen molar-refractivity contribution in [3.05, 3.63) is 74.3 Å². The van der Waals surface area contributed by atoms with E-state index < -0.39 is 8.80 Å². The molecule has 0 fully saturated rings. The largest absolute Gasteiger partial charge is 1.00 e. The van der Waals surface area contributed by atoms with E-state index in [4.69, 9.17) is 0 Å². The summed E-state index contributed by atoms with van der Waals surface area (Å²) in [5, 5.41) is 1.67. The Labute approximate surface area is 170 Å². The summed E-state index contributed by atoms with van der Waals surface area (Å²) in [4.78, 5) is 0. The standard InChI is InChI=1S/C20H19Si.2ClH.Ti/c1-21(2)20-12-6-11-18(20)17-10-5-9-16-15-8-4-3-7-14(15)13-19(16)17;;;/h3-5,7-10,12,21H,6,13H2,1-2H3;2*1H;/q;;;+2/p-2. The fourth-order valence-electron chi connectivity index (χ4n) is 3.82. The van der Waals surface area contributed by atoms with Gasteiger partial charge in [0.25, 0.3) is 0 Å². The third-order valence-corrected chi connectivity index (χ3v) is 7.34. The monoisotopic (exact) mass is 405 g/mol. The number of hydrogen-bond acceptors (Lipinski definition) is 0. The van der Waals surface area contributed by atoms with E-state index in [0.717, 1.165) is 12.8 Å². The van der Waals surface area contributed by atoms with E-state index in [-0.39, 0.29) is 24.8 Å². The van der Waals surface area contributed by atoms with Gasteiger partial charge in [0.2, 0.25) is 0 Å². The zero-order valence-electron chi connectivity index (χ0n) is 13.9. The van der Waals surface area contributed by atoms with Gasteiger partial charge in [-0.2, -0.15) is 0 Å². The second-order valence-corrected chi connectivity index (χ2v) is 10.4. The molecule has 2 aromatic carbocycles. The molecule has 2 aliphatic carbocycles. The van der Waals surface area contributed by atoms with E-state index >= 15 is 0 Å². The molecule has 24 heavy (non-hydrogen) atoms. The van der Waals surface area contributed by atoms with Crippen LogP contribution in [0.5, 0.6) is 0 Å². The second-order valence-electron chi connectivity index (χ2n) is 6.54. The summed E-state index contributed by atoms with van der Waals surface area (Å²) in [6.07, 6.45) is 4.72. The Hall–Kier alpha value is -0.569. The Bertz CT molecular complexity index is 837. The molecule has 121 valence electrons. The minimum absolute atomic E-state index is 0. The van der Waals surface area contributed by atoms with Crippen LogP contribution in [0.4, 0.5) is 0 Å². The summed E-state index contributed by atoms with van der Waals surface area (Å²) >= 11 is 2.32. The second kappa shape index (κ2) is 7.76. The molecule has 0 N–H and O–H groups in total. The van der Waals surface area contributed by atoms with E-state index in [0.29, 0.717) is 0 Å². The Morgan fingerprint density at radius 3 is 2.29 bits per heavy atom. The Balaban J connectivity index is 0.00000104. The van der Waals surface area contributed by atoms with Gasteiger partial charge in [0.05, 0.1) is 0 Å². The van der Waals surface area contributed by atoms with E-state index in [2.05, 4.69) is 82.1 Å². The summed E-state index contributed by atoms with van der Waals surface area (Å²) in [6, 6.07) is 15.8. The number of halogens is 2. The molecule has 0 amide bonds. The first-order chi connectivity index (χ1) is 10.7. The van der Waals surface area contributed by atoms with Crippen molar-refractivity contribution in [3.8, 4) is 11.1 Å². The molecule has 0 nitrogen and oxygen atoms in total. The van der Waals surface area contributed by atoms with Gasteiger partial charge in [-0.15, -0.1) is 0 Å². The first-order valence-corrected chi connectivity index (χ1v) is 11.7. The van der Waals surface area contributed by atoms with Gasteiger partial charge in [0.15, 0.2) is 0 Å². The predicted octanol–water partition coefficient (Wildman–Crippen LogP) is -1.12. The van der Waals surface area contributed by atoms with Crippen LogP contribution in [-0.2, 0) is 26.9 Å². The summed E-state index contributed by atoms with van der Waals surface area (Å²) in [5.74, 6) is 0. The van der Waals surface area contributed by atoms with Gasteiger partial charge in [-0.3, -0.25) is 0 Å². The van der Waals surface area contributed by atoms with Crippen LogP contribution in [0.1, 0.15) is 23.1 Å². The molecule has 0 aromatic heterocycles. The minimum atomic E-state index is -0.788. The average Bonchev–Trinajstić information content (AvgIpc) is 3.07. The SMILES string of the molecule is C[SiH](C)C1=CC[C]([Ti+2])=C1c1cccc2c1Cc1ccccc1-2.[Cl-].[Cl-]. The van der Waals surface area contributed by atoms with E-state index in [9.17, 15) is 0 Å². The maximum absolute atomic E-state index is 2.49. The minimum Gasteiger partial charge on any atom is -1.00 e. The Kier molecular flexibility index (Phi) is 6.39. The molecule has 0 aliphatic heterocycles. The van der Waals surface area contributed by atoms with Crippen LogP contribution in [0, 0.1) is 0 Å². The van der Waals surface area contributed by atoms with Crippen LogP contribution >= 0.6 is 0 Å². The zero-order chi connectivity index (χ0) is 15.3. The summed E-state index contributed by atoms with van der Waals surface area (Å²) in [5.41, 5.74) is 8.98. The fourth-order valence-corrected chi connectivity index (χ4v) is 6.14. The number of fused-ring (bicyclic) bond motifs is 3. The van der Waals surface area contributed by atoms with Crippen molar-refractivity contribution in [3.63, 3.8) is 0 Å². The van der Waals surface area contributed by atoms with Gasteiger partial charge in [0.1, 0.15) is 0 Å². The van der Waals surface area contributed by atoms with Crippen molar-refractivity contribution in [1.82, 2.24) is 0 Å². The molecule has 0 saturated heterocycles. The van der Waals surface area contributed by atoms with Crippen molar-refractivity contribution < 1.29 is 45.2 Å². The molecule has 0 bridgehead atoms. The molecule has 0 spiro atoms. The normalized spacial score (nSPS) is 14.8. The van der Waals surface area contributed by atoms with Crippen molar-refractivity contribution in [2.45, 2.75) is 25.9 Å². The van der Waals surface area contributed by atoms with Crippen LogP contribution in [-0.4, -0.2) is 8.80 Å². The van der Waals surface area contributed by atoms with Crippen molar-refractivity contribution in [2.75, 3.05) is 0 Å². The molecule has 0 radical (unpaired) electrons. The maximum atomic E-state index is 2.49. The van der Waals surface area contributed by atoms with E-state index in [1.165, 1.54) is 22.3 Å². The molecule has 4 heteroatoms. The van der Waals surface area contributed by atoms with Crippen molar-refractivity contribution in [1.29, 1.82) is 0 Å². The van der Waals surface area contributed by atoms with Gasteiger partial charge in [-0.05, 0) is 0 Å². The first-order valence-electron chi connectivity index (χ1n) is 8.02. The van der Waals surface area contributed by atoms with Crippen molar-refractivity contribution in [2.24, 2.45) is 0 Å². The maximum Gasteiger partial charge on any atom is -1.00 e. The first kappa shape index (κ1) is 19.8. The van der Waals surface area contributed by atoms with Gasteiger partial charge in [-0.25, -0.2) is 0 Å². The smallest absolute Gasteiger partial charge is 1.00 e. The molecule has 0 heterocycles.